The average molecular weight is 317 g/mol. The summed E-state index contributed by atoms with van der Waals surface area (Å²) in [6, 6.07) is 20.3. The molecule has 0 spiro atoms. The Bertz CT molecular complexity index is 896. The predicted molar refractivity (Wildman–Crippen MR) is 95.6 cm³/mol. The number of nitrogens with one attached hydrogen (secondary N) is 1. The summed E-state index contributed by atoms with van der Waals surface area (Å²) < 4.78 is 5.48. The highest BCUT2D eigenvalue weighted by molar-refractivity contribution is 5.94. The number of benzene rings is 3. The molecule has 0 atom stereocenters. The minimum Gasteiger partial charge on any atom is -0.493 e. The smallest absolute Gasteiger partial charge is 0.251 e. The molecule has 1 aliphatic heterocycles. The molecule has 120 valence electrons. The van der Waals surface area contributed by atoms with Crippen LogP contribution in [-0.2, 0) is 12.8 Å². The summed E-state index contributed by atoms with van der Waals surface area (Å²) in [5.74, 6) is 0.882. The van der Waals surface area contributed by atoms with Crippen molar-refractivity contribution in [1.29, 1.82) is 0 Å². The Morgan fingerprint density at radius 3 is 2.88 bits per heavy atom. The van der Waals surface area contributed by atoms with Crippen molar-refractivity contribution in [2.75, 3.05) is 13.2 Å². The predicted octanol–water partition coefficient (Wildman–Crippen LogP) is 3.75. The van der Waals surface area contributed by atoms with Gasteiger partial charge in [0.1, 0.15) is 5.75 Å². The third-order valence-corrected chi connectivity index (χ3v) is 4.51. The summed E-state index contributed by atoms with van der Waals surface area (Å²) in [4.78, 5) is 12.3. The minimum absolute atomic E-state index is 0.0232. The minimum atomic E-state index is -0.0232. The molecule has 1 heterocycles. The van der Waals surface area contributed by atoms with Crippen molar-refractivity contribution in [2.24, 2.45) is 0 Å². The van der Waals surface area contributed by atoms with Crippen LogP contribution in [0.5, 0.6) is 5.75 Å². The van der Waals surface area contributed by atoms with Crippen molar-refractivity contribution < 1.29 is 9.53 Å². The molecular weight excluding hydrogens is 298 g/mol. The molecule has 0 saturated carbocycles. The maximum absolute atomic E-state index is 12.3. The van der Waals surface area contributed by atoms with Crippen molar-refractivity contribution >= 4 is 16.7 Å². The summed E-state index contributed by atoms with van der Waals surface area (Å²) in [5.41, 5.74) is 3.09. The molecule has 1 amide bonds. The van der Waals surface area contributed by atoms with E-state index >= 15 is 0 Å². The van der Waals surface area contributed by atoms with E-state index in [0.717, 1.165) is 24.2 Å². The third-order valence-electron chi connectivity index (χ3n) is 4.51. The lowest BCUT2D eigenvalue weighted by Crippen LogP contribution is -2.25. The normalized spacial score (nSPS) is 12.7. The molecule has 3 aromatic rings. The van der Waals surface area contributed by atoms with Gasteiger partial charge in [-0.3, -0.25) is 4.79 Å². The molecule has 3 nitrogen and oxygen atoms in total. The second-order valence-corrected chi connectivity index (χ2v) is 6.07. The van der Waals surface area contributed by atoms with Crippen molar-refractivity contribution in [3.8, 4) is 5.75 Å². The molecular formula is C21H19NO2. The van der Waals surface area contributed by atoms with E-state index in [9.17, 15) is 4.79 Å². The van der Waals surface area contributed by atoms with Crippen LogP contribution < -0.4 is 10.1 Å². The molecule has 1 N–H and O–H groups in total. The summed E-state index contributed by atoms with van der Waals surface area (Å²) in [7, 11) is 0. The van der Waals surface area contributed by atoms with Gasteiger partial charge in [-0.05, 0) is 46.5 Å². The topological polar surface area (TPSA) is 38.3 Å². The van der Waals surface area contributed by atoms with E-state index in [1.54, 1.807) is 0 Å². The zero-order valence-corrected chi connectivity index (χ0v) is 13.4. The lowest BCUT2D eigenvalue weighted by atomic mass is 10.0. The molecule has 0 aromatic heterocycles. The lowest BCUT2D eigenvalue weighted by Gasteiger charge is -2.09. The van der Waals surface area contributed by atoms with Crippen LogP contribution in [-0.4, -0.2) is 19.1 Å². The zero-order chi connectivity index (χ0) is 16.4. The van der Waals surface area contributed by atoms with Gasteiger partial charge in [-0.2, -0.15) is 0 Å². The van der Waals surface area contributed by atoms with E-state index < -0.39 is 0 Å². The van der Waals surface area contributed by atoms with Gasteiger partial charge in [-0.25, -0.2) is 0 Å². The van der Waals surface area contributed by atoms with Gasteiger partial charge in [-0.15, -0.1) is 0 Å². The standard InChI is InChI=1S/C21H19NO2/c23-21(18-8-9-20-17(14-18)11-13-24-20)22-12-10-16-6-3-5-15-4-1-2-7-19(15)16/h1-9,14H,10-13H2,(H,22,23). The van der Waals surface area contributed by atoms with Crippen LogP contribution in [0, 0.1) is 0 Å². The fraction of sp³-hybridized carbons (Fsp3) is 0.190. The fourth-order valence-electron chi connectivity index (χ4n) is 3.25. The highest BCUT2D eigenvalue weighted by atomic mass is 16.5. The first-order valence-electron chi connectivity index (χ1n) is 8.32. The number of carbonyl (C=O) groups excluding carboxylic acids is 1. The molecule has 4 rings (SSSR count). The summed E-state index contributed by atoms with van der Waals surface area (Å²) in [6.07, 6.45) is 1.70. The van der Waals surface area contributed by atoms with Crippen molar-refractivity contribution in [3.63, 3.8) is 0 Å². The second-order valence-electron chi connectivity index (χ2n) is 6.07. The van der Waals surface area contributed by atoms with Crippen molar-refractivity contribution in [3.05, 3.63) is 77.4 Å². The molecule has 0 fully saturated rings. The molecule has 0 unspecified atom stereocenters. The summed E-state index contributed by atoms with van der Waals surface area (Å²) in [6.45, 7) is 1.34. The Hall–Kier alpha value is -2.81. The van der Waals surface area contributed by atoms with Gasteiger partial charge in [0.15, 0.2) is 0 Å². The van der Waals surface area contributed by atoms with E-state index in [2.05, 4.69) is 41.7 Å². The summed E-state index contributed by atoms with van der Waals surface area (Å²) >= 11 is 0. The molecule has 1 aliphatic rings. The first-order chi connectivity index (χ1) is 11.8. The molecule has 3 aromatic carbocycles. The summed E-state index contributed by atoms with van der Waals surface area (Å²) in [5, 5.41) is 5.51. The Balaban J connectivity index is 1.42. The molecule has 24 heavy (non-hydrogen) atoms. The number of hydrogen-bond acceptors (Lipinski definition) is 2. The average Bonchev–Trinajstić information content (AvgIpc) is 3.09. The van der Waals surface area contributed by atoms with Crippen LogP contribution in [0.1, 0.15) is 21.5 Å². The van der Waals surface area contributed by atoms with Crippen LogP contribution in [0.4, 0.5) is 0 Å². The van der Waals surface area contributed by atoms with E-state index in [1.807, 2.05) is 24.3 Å². The number of hydrogen-bond donors (Lipinski definition) is 1. The van der Waals surface area contributed by atoms with Crippen molar-refractivity contribution in [1.82, 2.24) is 5.32 Å². The Morgan fingerprint density at radius 2 is 1.92 bits per heavy atom. The first kappa shape index (κ1) is 14.8. The van der Waals surface area contributed by atoms with E-state index in [1.165, 1.54) is 16.3 Å². The van der Waals surface area contributed by atoms with Gasteiger partial charge in [-0.1, -0.05) is 42.5 Å². The lowest BCUT2D eigenvalue weighted by molar-refractivity contribution is 0.0954. The number of carbonyl (C=O) groups is 1. The van der Waals surface area contributed by atoms with Gasteiger partial charge in [0, 0.05) is 18.5 Å². The van der Waals surface area contributed by atoms with Gasteiger partial charge in [0.05, 0.1) is 6.61 Å². The van der Waals surface area contributed by atoms with E-state index in [-0.39, 0.29) is 5.91 Å². The molecule has 0 saturated heterocycles. The maximum Gasteiger partial charge on any atom is 0.251 e. The largest absolute Gasteiger partial charge is 0.493 e. The van der Waals surface area contributed by atoms with Gasteiger partial charge in [0.25, 0.3) is 5.91 Å². The number of amides is 1. The quantitative estimate of drug-likeness (QED) is 0.796. The Morgan fingerprint density at radius 1 is 1.04 bits per heavy atom. The molecule has 0 aliphatic carbocycles. The molecule has 3 heteroatoms. The van der Waals surface area contributed by atoms with E-state index in [4.69, 9.17) is 4.74 Å². The third kappa shape index (κ3) is 2.85. The fourth-order valence-corrected chi connectivity index (χ4v) is 3.25. The van der Waals surface area contributed by atoms with Gasteiger partial charge in [0.2, 0.25) is 0 Å². The zero-order valence-electron chi connectivity index (χ0n) is 13.4. The SMILES string of the molecule is O=C(NCCc1cccc2ccccc12)c1ccc2c(c1)CCO2. The van der Waals surface area contributed by atoms with Crippen LogP contribution in [0.3, 0.4) is 0 Å². The van der Waals surface area contributed by atoms with Crippen molar-refractivity contribution in [2.45, 2.75) is 12.8 Å². The number of rotatable bonds is 4. The Kier molecular flexibility index (Phi) is 3.91. The highest BCUT2D eigenvalue weighted by Gasteiger charge is 2.14. The molecule has 0 bridgehead atoms. The number of fused-ring (bicyclic) bond motifs is 2. The Labute approximate surface area is 141 Å². The maximum atomic E-state index is 12.3. The van der Waals surface area contributed by atoms with Crippen LogP contribution in [0.15, 0.2) is 60.7 Å². The van der Waals surface area contributed by atoms with Crippen LogP contribution in [0.2, 0.25) is 0 Å². The van der Waals surface area contributed by atoms with E-state index in [0.29, 0.717) is 18.7 Å². The number of ether oxygens (including phenoxy) is 1. The monoisotopic (exact) mass is 317 g/mol. The van der Waals surface area contributed by atoms with Gasteiger partial charge >= 0.3 is 0 Å². The van der Waals surface area contributed by atoms with Crippen LogP contribution >= 0.6 is 0 Å². The second kappa shape index (κ2) is 6.36. The van der Waals surface area contributed by atoms with Crippen LogP contribution in [0.25, 0.3) is 10.8 Å². The highest BCUT2D eigenvalue weighted by Crippen LogP contribution is 2.25. The van der Waals surface area contributed by atoms with Gasteiger partial charge < -0.3 is 10.1 Å². The molecule has 0 radical (unpaired) electrons. The first-order valence-corrected chi connectivity index (χ1v) is 8.32.